The molecule has 1 amide bonds. The Hall–Kier alpha value is -1.62. The maximum absolute atomic E-state index is 13.0. The lowest BCUT2D eigenvalue weighted by molar-refractivity contribution is -0.124. The van der Waals surface area contributed by atoms with Gasteiger partial charge in [0, 0.05) is 18.8 Å². The van der Waals surface area contributed by atoms with Crippen LogP contribution in [0.5, 0.6) is 0 Å². The molecule has 1 aliphatic rings. The number of carbonyl (C=O) groups excluding carboxylic acids is 1. The number of nitrogens with zero attached hydrogens (tertiary/aromatic N) is 1. The molecule has 4 N–H and O–H groups in total. The molecule has 116 valence electrons. The van der Waals surface area contributed by atoms with E-state index in [0.29, 0.717) is 6.42 Å². The molecule has 0 aliphatic heterocycles. The fourth-order valence-electron chi connectivity index (χ4n) is 3.26. The summed E-state index contributed by atoms with van der Waals surface area (Å²) in [4.78, 5) is 13.8. The number of hydrogen-bond donors (Lipinski definition) is 2. The highest BCUT2D eigenvalue weighted by molar-refractivity contribution is 5.85. The summed E-state index contributed by atoms with van der Waals surface area (Å²) in [5.41, 5.74) is 11.8. The van der Waals surface area contributed by atoms with Gasteiger partial charge >= 0.3 is 0 Å². The van der Waals surface area contributed by atoms with Gasteiger partial charge < -0.3 is 16.4 Å². The summed E-state index contributed by atoms with van der Waals surface area (Å²) in [5.74, 6) is -0.500. The van der Waals surface area contributed by atoms with Crippen molar-refractivity contribution in [2.45, 2.75) is 38.1 Å². The topological polar surface area (TPSA) is 72.3 Å². The average molecular weight is 293 g/mol. The van der Waals surface area contributed by atoms with E-state index in [1.54, 1.807) is 12.1 Å². The van der Waals surface area contributed by atoms with Crippen molar-refractivity contribution < 1.29 is 9.18 Å². The van der Waals surface area contributed by atoms with E-state index in [2.05, 4.69) is 11.8 Å². The number of amides is 1. The van der Waals surface area contributed by atoms with Crippen molar-refractivity contribution in [3.63, 3.8) is 0 Å². The van der Waals surface area contributed by atoms with Crippen molar-refractivity contribution in [3.8, 4) is 0 Å². The van der Waals surface area contributed by atoms with E-state index < -0.39 is 11.4 Å². The minimum Gasteiger partial charge on any atom is -0.372 e. The Morgan fingerprint density at radius 1 is 1.43 bits per heavy atom. The van der Waals surface area contributed by atoms with E-state index in [4.69, 9.17) is 11.5 Å². The molecule has 0 heterocycles. The highest BCUT2D eigenvalue weighted by Crippen LogP contribution is 2.36. The van der Waals surface area contributed by atoms with Crippen LogP contribution in [-0.4, -0.2) is 24.5 Å². The van der Waals surface area contributed by atoms with Gasteiger partial charge in [-0.05, 0) is 56.4 Å². The standard InChI is InChI=1S/C16H24FN3O/c1-2-20(14-7-5-13(17)6-8-14)11-9-12-4-3-10-16(12,19)15(18)21/h5-8,12H,2-4,9-11,19H2,1H3,(H2,18,21). The molecule has 2 unspecified atom stereocenters. The minimum absolute atomic E-state index is 0.129. The molecule has 0 bridgehead atoms. The molecular formula is C16H24FN3O. The largest absolute Gasteiger partial charge is 0.372 e. The summed E-state index contributed by atoms with van der Waals surface area (Å²) in [6.07, 6.45) is 3.40. The maximum atomic E-state index is 13.0. The van der Waals surface area contributed by atoms with Crippen molar-refractivity contribution in [2.75, 3.05) is 18.0 Å². The number of carbonyl (C=O) groups is 1. The zero-order valence-electron chi connectivity index (χ0n) is 12.5. The fraction of sp³-hybridized carbons (Fsp3) is 0.562. The number of hydrogen-bond acceptors (Lipinski definition) is 3. The van der Waals surface area contributed by atoms with E-state index in [9.17, 15) is 9.18 Å². The number of rotatable bonds is 6. The van der Waals surface area contributed by atoms with Gasteiger partial charge in [0.15, 0.2) is 0 Å². The zero-order valence-corrected chi connectivity index (χ0v) is 12.5. The van der Waals surface area contributed by atoms with Gasteiger partial charge in [-0.1, -0.05) is 6.42 Å². The third-order valence-electron chi connectivity index (χ3n) is 4.65. The Labute approximate surface area is 125 Å². The van der Waals surface area contributed by atoms with E-state index in [1.807, 2.05) is 0 Å². The van der Waals surface area contributed by atoms with Crippen LogP contribution in [-0.2, 0) is 4.79 Å². The second-order valence-electron chi connectivity index (χ2n) is 5.84. The van der Waals surface area contributed by atoms with Gasteiger partial charge in [-0.15, -0.1) is 0 Å². The second kappa shape index (κ2) is 6.43. The number of benzene rings is 1. The molecule has 0 aromatic heterocycles. The summed E-state index contributed by atoms with van der Waals surface area (Å²) in [6, 6.07) is 6.48. The lowest BCUT2D eigenvalue weighted by atomic mass is 9.85. The Balaban J connectivity index is 2.00. The monoisotopic (exact) mass is 293 g/mol. The summed E-state index contributed by atoms with van der Waals surface area (Å²) < 4.78 is 13.0. The average Bonchev–Trinajstić information content (AvgIpc) is 2.84. The summed E-state index contributed by atoms with van der Waals surface area (Å²) >= 11 is 0. The number of anilines is 1. The molecule has 4 nitrogen and oxygen atoms in total. The molecule has 1 aromatic carbocycles. The van der Waals surface area contributed by atoms with Gasteiger partial charge in [-0.3, -0.25) is 4.79 Å². The maximum Gasteiger partial charge on any atom is 0.237 e. The van der Waals surface area contributed by atoms with Crippen LogP contribution in [0.3, 0.4) is 0 Å². The molecule has 1 saturated carbocycles. The molecule has 5 heteroatoms. The molecular weight excluding hydrogens is 269 g/mol. The number of primary amides is 1. The Kier molecular flexibility index (Phi) is 4.83. The molecule has 0 radical (unpaired) electrons. The first-order valence-corrected chi connectivity index (χ1v) is 7.56. The molecule has 0 spiro atoms. The third-order valence-corrected chi connectivity index (χ3v) is 4.65. The Morgan fingerprint density at radius 3 is 2.67 bits per heavy atom. The summed E-state index contributed by atoms with van der Waals surface area (Å²) in [6.45, 7) is 3.67. The van der Waals surface area contributed by atoms with E-state index in [-0.39, 0.29) is 11.7 Å². The smallest absolute Gasteiger partial charge is 0.237 e. The quantitative estimate of drug-likeness (QED) is 0.843. The zero-order chi connectivity index (χ0) is 15.5. The predicted molar refractivity (Wildman–Crippen MR) is 82.4 cm³/mol. The lowest BCUT2D eigenvalue weighted by Gasteiger charge is -2.31. The van der Waals surface area contributed by atoms with Crippen LogP contribution < -0.4 is 16.4 Å². The highest BCUT2D eigenvalue weighted by Gasteiger charge is 2.44. The summed E-state index contributed by atoms with van der Waals surface area (Å²) in [7, 11) is 0. The van der Waals surface area contributed by atoms with E-state index in [0.717, 1.165) is 38.0 Å². The Morgan fingerprint density at radius 2 is 2.10 bits per heavy atom. The molecule has 1 fully saturated rings. The fourth-order valence-corrected chi connectivity index (χ4v) is 3.26. The van der Waals surface area contributed by atoms with Crippen LogP contribution in [0.4, 0.5) is 10.1 Å². The van der Waals surface area contributed by atoms with Crippen molar-refractivity contribution in [2.24, 2.45) is 17.4 Å². The van der Waals surface area contributed by atoms with Crippen LogP contribution in [0.15, 0.2) is 24.3 Å². The van der Waals surface area contributed by atoms with Crippen molar-refractivity contribution >= 4 is 11.6 Å². The summed E-state index contributed by atoms with van der Waals surface area (Å²) in [5, 5.41) is 0. The second-order valence-corrected chi connectivity index (χ2v) is 5.84. The SMILES string of the molecule is CCN(CCC1CCCC1(N)C(N)=O)c1ccc(F)cc1. The van der Waals surface area contributed by atoms with Crippen LogP contribution in [0.2, 0.25) is 0 Å². The van der Waals surface area contributed by atoms with Gasteiger partial charge in [0.1, 0.15) is 5.82 Å². The van der Waals surface area contributed by atoms with Gasteiger partial charge in [-0.2, -0.15) is 0 Å². The van der Waals surface area contributed by atoms with Gasteiger partial charge in [0.25, 0.3) is 0 Å². The molecule has 0 saturated heterocycles. The highest BCUT2D eigenvalue weighted by atomic mass is 19.1. The molecule has 1 aliphatic carbocycles. The van der Waals surface area contributed by atoms with Crippen LogP contribution in [0.1, 0.15) is 32.6 Å². The van der Waals surface area contributed by atoms with Gasteiger partial charge in [-0.25, -0.2) is 4.39 Å². The minimum atomic E-state index is -0.859. The lowest BCUT2D eigenvalue weighted by Crippen LogP contribution is -2.55. The van der Waals surface area contributed by atoms with Crippen molar-refractivity contribution in [3.05, 3.63) is 30.1 Å². The third kappa shape index (κ3) is 3.35. The van der Waals surface area contributed by atoms with Gasteiger partial charge in [0.05, 0.1) is 5.54 Å². The van der Waals surface area contributed by atoms with Crippen LogP contribution in [0.25, 0.3) is 0 Å². The first-order valence-electron chi connectivity index (χ1n) is 7.56. The molecule has 1 aromatic rings. The number of nitrogens with two attached hydrogens (primary N) is 2. The van der Waals surface area contributed by atoms with Crippen LogP contribution in [0, 0.1) is 11.7 Å². The molecule has 2 rings (SSSR count). The normalized spacial score (nSPS) is 25.0. The first-order chi connectivity index (χ1) is 9.97. The van der Waals surface area contributed by atoms with Crippen LogP contribution >= 0.6 is 0 Å². The number of halogens is 1. The van der Waals surface area contributed by atoms with Gasteiger partial charge in [0.2, 0.25) is 5.91 Å². The predicted octanol–water partition coefficient (Wildman–Crippen LogP) is 2.02. The van der Waals surface area contributed by atoms with Crippen molar-refractivity contribution in [1.29, 1.82) is 0 Å². The molecule has 2 atom stereocenters. The Bertz CT molecular complexity index is 491. The van der Waals surface area contributed by atoms with Crippen molar-refractivity contribution in [1.82, 2.24) is 0 Å². The van der Waals surface area contributed by atoms with E-state index >= 15 is 0 Å². The first kappa shape index (κ1) is 15.8. The molecule has 21 heavy (non-hydrogen) atoms. The van der Waals surface area contributed by atoms with E-state index in [1.165, 1.54) is 12.1 Å².